The molecule has 1 saturated carbocycles. The number of hydrogen-bond donors (Lipinski definition) is 1. The highest BCUT2D eigenvalue weighted by molar-refractivity contribution is 7.92. The minimum Gasteiger partial charge on any atom is -0.497 e. The summed E-state index contributed by atoms with van der Waals surface area (Å²) < 4.78 is 37.6. The van der Waals surface area contributed by atoms with Gasteiger partial charge in [0.25, 0.3) is 15.9 Å². The van der Waals surface area contributed by atoms with Gasteiger partial charge in [-0.2, -0.15) is 0 Å². The fourth-order valence-corrected chi connectivity index (χ4v) is 5.37. The van der Waals surface area contributed by atoms with Crippen molar-refractivity contribution in [3.05, 3.63) is 53.1 Å². The molecule has 1 aliphatic rings. The molecule has 178 valence electrons. The van der Waals surface area contributed by atoms with Crippen molar-refractivity contribution in [2.24, 2.45) is 0 Å². The molecule has 3 rings (SSSR count). The molecule has 8 nitrogen and oxygen atoms in total. The Hall–Kier alpha value is -2.78. The third-order valence-electron chi connectivity index (χ3n) is 5.91. The molecule has 0 bridgehead atoms. The number of nitrogens with one attached hydrogen (secondary N) is 1. The largest absolute Gasteiger partial charge is 0.497 e. The van der Waals surface area contributed by atoms with Crippen molar-refractivity contribution in [1.82, 2.24) is 5.32 Å². The molecule has 0 spiro atoms. The van der Waals surface area contributed by atoms with Crippen molar-refractivity contribution < 1.29 is 27.5 Å². The van der Waals surface area contributed by atoms with Gasteiger partial charge in [-0.15, -0.1) is 0 Å². The summed E-state index contributed by atoms with van der Waals surface area (Å²) >= 11 is 6.25. The van der Waals surface area contributed by atoms with Gasteiger partial charge in [0.05, 0.1) is 35.4 Å². The summed E-state index contributed by atoms with van der Waals surface area (Å²) in [5.74, 6) is -0.552. The van der Waals surface area contributed by atoms with E-state index >= 15 is 0 Å². The molecule has 0 unspecified atom stereocenters. The van der Waals surface area contributed by atoms with Crippen molar-refractivity contribution in [3.63, 3.8) is 0 Å². The Labute approximate surface area is 198 Å². The highest BCUT2D eigenvalue weighted by Gasteiger charge is 2.42. The molecule has 0 saturated heterocycles. The van der Waals surface area contributed by atoms with Gasteiger partial charge in [-0.3, -0.25) is 9.10 Å². The number of anilines is 1. The number of esters is 1. The summed E-state index contributed by atoms with van der Waals surface area (Å²) in [6.07, 6.45) is 3.39. The molecule has 1 fully saturated rings. The third-order valence-corrected chi connectivity index (χ3v) is 8.02. The zero-order valence-electron chi connectivity index (χ0n) is 18.8. The fourth-order valence-electron chi connectivity index (χ4n) is 3.94. The molecule has 2 aromatic carbocycles. The molecule has 1 N–H and O–H groups in total. The van der Waals surface area contributed by atoms with Gasteiger partial charge in [-0.1, -0.05) is 30.9 Å². The molecule has 10 heteroatoms. The van der Waals surface area contributed by atoms with E-state index in [2.05, 4.69) is 5.32 Å². The molecular weight excluding hydrogens is 468 g/mol. The van der Waals surface area contributed by atoms with Crippen LogP contribution in [-0.2, 0) is 19.6 Å². The Kier molecular flexibility index (Phi) is 7.54. The molecule has 2 aromatic rings. The molecule has 0 atom stereocenters. The summed E-state index contributed by atoms with van der Waals surface area (Å²) in [6.45, 7) is 0. The molecule has 1 amide bonds. The Morgan fingerprint density at radius 1 is 1.03 bits per heavy atom. The van der Waals surface area contributed by atoms with Crippen LogP contribution in [0.2, 0.25) is 5.02 Å². The van der Waals surface area contributed by atoms with Gasteiger partial charge in [-0.05, 0) is 55.3 Å². The SMILES string of the molecule is COC(=O)C1(NC(=O)c2cc(S(=O)(=O)N(C)c3ccc(OC)cc3)ccc2Cl)CCCCC1. The first kappa shape index (κ1) is 24.9. The van der Waals surface area contributed by atoms with E-state index in [1.54, 1.807) is 24.3 Å². The minimum absolute atomic E-state index is 0.0327. The molecular formula is C23H27ClN2O6S. The van der Waals surface area contributed by atoms with E-state index in [0.717, 1.165) is 23.6 Å². The second kappa shape index (κ2) is 10.0. The molecule has 0 aromatic heterocycles. The van der Waals surface area contributed by atoms with E-state index in [1.165, 1.54) is 39.5 Å². The molecule has 0 aliphatic heterocycles. The van der Waals surface area contributed by atoms with Gasteiger partial charge in [0.2, 0.25) is 0 Å². The lowest BCUT2D eigenvalue weighted by Gasteiger charge is -2.35. The standard InChI is InChI=1S/C23H27ClN2O6S/c1-26(16-7-9-17(31-2)10-8-16)33(29,30)18-11-12-20(24)19(15-18)21(27)25-23(22(28)32-3)13-5-4-6-14-23/h7-12,15H,4-6,13-14H2,1-3H3,(H,25,27). The lowest BCUT2D eigenvalue weighted by molar-refractivity contribution is -0.149. The number of rotatable bonds is 7. The highest BCUT2D eigenvalue weighted by atomic mass is 35.5. The summed E-state index contributed by atoms with van der Waals surface area (Å²) in [7, 11) is 0.224. The van der Waals surface area contributed by atoms with E-state index in [1.807, 2.05) is 0 Å². The predicted octanol–water partition coefficient (Wildman–Crippen LogP) is 3.78. The summed E-state index contributed by atoms with van der Waals surface area (Å²) in [4.78, 5) is 25.5. The third kappa shape index (κ3) is 5.09. The van der Waals surface area contributed by atoms with Crippen molar-refractivity contribution in [2.45, 2.75) is 42.5 Å². The number of carbonyl (C=O) groups excluding carboxylic acids is 2. The van der Waals surface area contributed by atoms with Crippen LogP contribution in [-0.4, -0.2) is 47.1 Å². The van der Waals surface area contributed by atoms with E-state index in [9.17, 15) is 18.0 Å². The van der Waals surface area contributed by atoms with E-state index < -0.39 is 27.4 Å². The predicted molar refractivity (Wildman–Crippen MR) is 125 cm³/mol. The van der Waals surface area contributed by atoms with Gasteiger partial charge in [0.15, 0.2) is 0 Å². The minimum atomic E-state index is -3.99. The van der Waals surface area contributed by atoms with Crippen LogP contribution < -0.4 is 14.4 Å². The number of methoxy groups -OCH3 is 2. The van der Waals surface area contributed by atoms with E-state index in [-0.39, 0.29) is 15.5 Å². The van der Waals surface area contributed by atoms with Crippen LogP contribution in [0.25, 0.3) is 0 Å². The average molecular weight is 495 g/mol. The first-order chi connectivity index (χ1) is 15.6. The van der Waals surface area contributed by atoms with Gasteiger partial charge < -0.3 is 14.8 Å². The summed E-state index contributed by atoms with van der Waals surface area (Å²) in [6, 6.07) is 10.5. The Bertz CT molecular complexity index is 1130. The molecule has 33 heavy (non-hydrogen) atoms. The zero-order chi connectivity index (χ0) is 24.2. The zero-order valence-corrected chi connectivity index (χ0v) is 20.3. The number of halogens is 1. The Morgan fingerprint density at radius 3 is 2.24 bits per heavy atom. The summed E-state index contributed by atoms with van der Waals surface area (Å²) in [5, 5.41) is 2.85. The smallest absolute Gasteiger partial charge is 0.331 e. The van der Waals surface area contributed by atoms with Crippen LogP contribution in [0.3, 0.4) is 0 Å². The monoisotopic (exact) mass is 494 g/mol. The van der Waals surface area contributed by atoms with Crippen molar-refractivity contribution >= 4 is 39.2 Å². The number of benzene rings is 2. The quantitative estimate of drug-likeness (QED) is 0.588. The number of amides is 1. The highest BCUT2D eigenvalue weighted by Crippen LogP contribution is 2.31. The Balaban J connectivity index is 1.91. The summed E-state index contributed by atoms with van der Waals surface area (Å²) in [5.41, 5.74) is -0.763. The van der Waals surface area contributed by atoms with Crippen molar-refractivity contribution in [3.8, 4) is 5.75 Å². The first-order valence-corrected chi connectivity index (χ1v) is 12.3. The van der Waals surface area contributed by atoms with Crippen molar-refractivity contribution in [1.29, 1.82) is 0 Å². The lowest BCUT2D eigenvalue weighted by atomic mass is 9.81. The van der Waals surface area contributed by atoms with Crippen LogP contribution in [0.4, 0.5) is 5.69 Å². The first-order valence-electron chi connectivity index (χ1n) is 10.5. The molecule has 1 aliphatic carbocycles. The number of hydrogen-bond acceptors (Lipinski definition) is 6. The number of nitrogens with zero attached hydrogens (tertiary/aromatic N) is 1. The van der Waals surface area contributed by atoms with E-state index in [0.29, 0.717) is 24.3 Å². The maximum Gasteiger partial charge on any atom is 0.331 e. The van der Waals surface area contributed by atoms with Crippen LogP contribution in [0.5, 0.6) is 5.75 Å². The lowest BCUT2D eigenvalue weighted by Crippen LogP contribution is -2.56. The van der Waals surface area contributed by atoms with Gasteiger partial charge in [-0.25, -0.2) is 13.2 Å². The van der Waals surface area contributed by atoms with Crippen LogP contribution in [0.15, 0.2) is 47.4 Å². The van der Waals surface area contributed by atoms with Crippen LogP contribution in [0.1, 0.15) is 42.5 Å². The van der Waals surface area contributed by atoms with Gasteiger partial charge in [0.1, 0.15) is 11.3 Å². The number of carbonyl (C=O) groups is 2. The second-order valence-electron chi connectivity index (χ2n) is 7.90. The molecule has 0 heterocycles. The van der Waals surface area contributed by atoms with Gasteiger partial charge in [0, 0.05) is 7.05 Å². The topological polar surface area (TPSA) is 102 Å². The fraction of sp³-hybridized carbons (Fsp3) is 0.391. The van der Waals surface area contributed by atoms with Crippen LogP contribution >= 0.6 is 11.6 Å². The van der Waals surface area contributed by atoms with Crippen LogP contribution in [0, 0.1) is 0 Å². The molecule has 0 radical (unpaired) electrons. The van der Waals surface area contributed by atoms with Gasteiger partial charge >= 0.3 is 5.97 Å². The number of sulfonamides is 1. The Morgan fingerprint density at radius 2 is 1.67 bits per heavy atom. The number of ether oxygens (including phenoxy) is 2. The maximum absolute atomic E-state index is 13.2. The second-order valence-corrected chi connectivity index (χ2v) is 10.3. The normalized spacial score (nSPS) is 15.4. The van der Waals surface area contributed by atoms with E-state index in [4.69, 9.17) is 21.1 Å². The van der Waals surface area contributed by atoms with Crippen molar-refractivity contribution in [2.75, 3.05) is 25.6 Å². The maximum atomic E-state index is 13.2. The average Bonchev–Trinajstić information content (AvgIpc) is 2.83.